The Bertz CT molecular complexity index is 2780. The summed E-state index contributed by atoms with van der Waals surface area (Å²) in [6.07, 6.45) is 0. The molecule has 3 heteroatoms. The first-order valence-electron chi connectivity index (χ1n) is 15.7. The summed E-state index contributed by atoms with van der Waals surface area (Å²) >= 11 is 0. The third-order valence-corrected chi connectivity index (χ3v) is 9.76. The molecule has 0 aliphatic rings. The van der Waals surface area contributed by atoms with Crippen molar-refractivity contribution in [3.8, 4) is 22.3 Å². The lowest BCUT2D eigenvalue weighted by Crippen LogP contribution is -1.92. The van der Waals surface area contributed by atoms with E-state index >= 15 is 0 Å². The minimum atomic E-state index is 0.447. The fourth-order valence-electron chi connectivity index (χ4n) is 7.51. The Morgan fingerprint density at radius 2 is 1.16 bits per heavy atom. The molecule has 0 N–H and O–H groups in total. The normalized spacial score (nSPS) is 12.4. The lowest BCUT2D eigenvalue weighted by molar-refractivity contribution is 0.867. The standard InChI is InChI=1S/C42H29N3/c1-25(2)27-16-17-33(34(18-27)26-10-4-3-5-11-26)32-20-36-35-19-28-12-6-8-14-30(28)22-38(35)45-41(36)40(24-32)44-39-23-31-15-9-7-13-29(31)21-37(39)43-42(44)45/h3-25H,1-2H3. The Morgan fingerprint density at radius 3 is 1.89 bits per heavy atom. The highest BCUT2D eigenvalue weighted by Crippen LogP contribution is 2.43. The Balaban J connectivity index is 1.39. The molecule has 10 aromatic rings. The van der Waals surface area contributed by atoms with Gasteiger partial charge in [-0.3, -0.25) is 8.80 Å². The van der Waals surface area contributed by atoms with Gasteiger partial charge in [0, 0.05) is 10.8 Å². The van der Waals surface area contributed by atoms with Gasteiger partial charge in [-0.15, -0.1) is 0 Å². The van der Waals surface area contributed by atoms with Gasteiger partial charge in [-0.25, -0.2) is 4.98 Å². The van der Waals surface area contributed by atoms with E-state index in [2.05, 4.69) is 156 Å². The van der Waals surface area contributed by atoms with Crippen LogP contribution >= 0.6 is 0 Å². The van der Waals surface area contributed by atoms with Crippen LogP contribution in [-0.4, -0.2) is 13.8 Å². The summed E-state index contributed by atoms with van der Waals surface area (Å²) in [6, 6.07) is 49.1. The topological polar surface area (TPSA) is 21.7 Å². The zero-order chi connectivity index (χ0) is 29.8. The maximum Gasteiger partial charge on any atom is 0.220 e. The smallest absolute Gasteiger partial charge is 0.220 e. The maximum absolute atomic E-state index is 5.31. The summed E-state index contributed by atoms with van der Waals surface area (Å²) in [5, 5.41) is 7.44. The van der Waals surface area contributed by atoms with Crippen LogP contribution in [0.4, 0.5) is 0 Å². The molecule has 10 rings (SSSR count). The van der Waals surface area contributed by atoms with Crippen LogP contribution in [0.2, 0.25) is 0 Å². The number of nitrogens with zero attached hydrogens (tertiary/aromatic N) is 3. The van der Waals surface area contributed by atoms with Crippen LogP contribution in [0.1, 0.15) is 25.3 Å². The lowest BCUT2D eigenvalue weighted by Gasteiger charge is -2.15. The largest absolute Gasteiger partial charge is 0.277 e. The molecule has 0 bridgehead atoms. The summed E-state index contributed by atoms with van der Waals surface area (Å²) in [4.78, 5) is 5.31. The molecule has 0 radical (unpaired) electrons. The molecule has 0 amide bonds. The summed E-state index contributed by atoms with van der Waals surface area (Å²) in [7, 11) is 0. The number of fused-ring (bicyclic) bond motifs is 10. The highest BCUT2D eigenvalue weighted by atomic mass is 15.2. The number of aromatic nitrogens is 3. The Morgan fingerprint density at radius 1 is 0.489 bits per heavy atom. The van der Waals surface area contributed by atoms with Crippen molar-refractivity contribution in [1.82, 2.24) is 13.8 Å². The van der Waals surface area contributed by atoms with Gasteiger partial charge in [0.15, 0.2) is 0 Å². The van der Waals surface area contributed by atoms with Crippen LogP contribution in [0, 0.1) is 0 Å². The van der Waals surface area contributed by atoms with Gasteiger partial charge in [-0.2, -0.15) is 0 Å². The van der Waals surface area contributed by atoms with E-state index in [1.165, 1.54) is 76.7 Å². The van der Waals surface area contributed by atoms with Crippen molar-refractivity contribution in [2.75, 3.05) is 0 Å². The zero-order valence-corrected chi connectivity index (χ0v) is 25.1. The van der Waals surface area contributed by atoms with Gasteiger partial charge in [0.1, 0.15) is 0 Å². The predicted octanol–water partition coefficient (Wildman–Crippen LogP) is 11.2. The highest BCUT2D eigenvalue weighted by Gasteiger charge is 2.23. The van der Waals surface area contributed by atoms with Crippen molar-refractivity contribution < 1.29 is 0 Å². The quantitative estimate of drug-likeness (QED) is 0.205. The van der Waals surface area contributed by atoms with E-state index in [9.17, 15) is 0 Å². The molecule has 7 aromatic carbocycles. The first-order chi connectivity index (χ1) is 22.1. The van der Waals surface area contributed by atoms with Gasteiger partial charge in [-0.05, 0) is 91.7 Å². The summed E-state index contributed by atoms with van der Waals surface area (Å²) < 4.78 is 4.77. The molecule has 0 saturated heterocycles. The number of rotatable bonds is 3. The van der Waals surface area contributed by atoms with Crippen molar-refractivity contribution in [3.05, 3.63) is 139 Å². The fourth-order valence-corrected chi connectivity index (χ4v) is 7.51. The second kappa shape index (κ2) is 8.93. The molecule has 0 fully saturated rings. The summed E-state index contributed by atoms with van der Waals surface area (Å²) in [6.45, 7) is 4.54. The first-order valence-corrected chi connectivity index (χ1v) is 15.7. The number of hydrogen-bond donors (Lipinski definition) is 0. The van der Waals surface area contributed by atoms with E-state index in [0.717, 1.165) is 16.8 Å². The number of hydrogen-bond acceptors (Lipinski definition) is 1. The average molecular weight is 576 g/mol. The molecular weight excluding hydrogens is 546 g/mol. The summed E-state index contributed by atoms with van der Waals surface area (Å²) in [5.74, 6) is 1.41. The number of imidazole rings is 2. The highest BCUT2D eigenvalue weighted by molar-refractivity contribution is 6.20. The Labute approximate surface area is 259 Å². The van der Waals surface area contributed by atoms with Gasteiger partial charge in [0.25, 0.3) is 0 Å². The predicted molar refractivity (Wildman–Crippen MR) is 190 cm³/mol. The second-order valence-electron chi connectivity index (χ2n) is 12.7. The van der Waals surface area contributed by atoms with Crippen LogP contribution in [0.15, 0.2) is 133 Å². The average Bonchev–Trinajstić information content (AvgIpc) is 3.71. The molecule has 212 valence electrons. The molecule has 0 aliphatic heterocycles. The van der Waals surface area contributed by atoms with Crippen molar-refractivity contribution in [2.24, 2.45) is 0 Å². The van der Waals surface area contributed by atoms with Gasteiger partial charge in [0.05, 0.1) is 27.6 Å². The van der Waals surface area contributed by atoms with Gasteiger partial charge >= 0.3 is 0 Å². The van der Waals surface area contributed by atoms with E-state index in [-0.39, 0.29) is 0 Å². The zero-order valence-electron chi connectivity index (χ0n) is 25.1. The molecule has 0 atom stereocenters. The van der Waals surface area contributed by atoms with Crippen molar-refractivity contribution in [1.29, 1.82) is 0 Å². The van der Waals surface area contributed by atoms with Crippen LogP contribution in [0.5, 0.6) is 0 Å². The molecule has 3 aromatic heterocycles. The molecule has 0 aliphatic carbocycles. The van der Waals surface area contributed by atoms with Crippen molar-refractivity contribution in [3.63, 3.8) is 0 Å². The molecule has 45 heavy (non-hydrogen) atoms. The summed E-state index contributed by atoms with van der Waals surface area (Å²) in [5.41, 5.74) is 12.1. The molecular formula is C42H29N3. The second-order valence-corrected chi connectivity index (χ2v) is 12.7. The molecule has 3 heterocycles. The fraction of sp³-hybridized carbons (Fsp3) is 0.0714. The van der Waals surface area contributed by atoms with Gasteiger partial charge in [0.2, 0.25) is 5.78 Å². The molecule has 0 unspecified atom stereocenters. The van der Waals surface area contributed by atoms with Crippen LogP contribution in [0.3, 0.4) is 0 Å². The molecule has 0 spiro atoms. The Kier molecular flexibility index (Phi) is 4.91. The maximum atomic E-state index is 5.31. The van der Waals surface area contributed by atoms with E-state index in [1.54, 1.807) is 0 Å². The van der Waals surface area contributed by atoms with Gasteiger partial charge in [-0.1, -0.05) is 111 Å². The minimum Gasteiger partial charge on any atom is -0.277 e. The van der Waals surface area contributed by atoms with Crippen molar-refractivity contribution in [2.45, 2.75) is 19.8 Å². The minimum absolute atomic E-state index is 0.447. The van der Waals surface area contributed by atoms with E-state index in [1.807, 2.05) is 0 Å². The number of benzene rings is 7. The SMILES string of the molecule is CC(C)c1ccc(-c2cc3c4cc5ccccc5cc4n4c3c(c2)n2c3cc5ccccc5cc3nc24)c(-c2ccccc2)c1. The van der Waals surface area contributed by atoms with Crippen LogP contribution in [-0.2, 0) is 0 Å². The van der Waals surface area contributed by atoms with Crippen LogP contribution < -0.4 is 0 Å². The first kappa shape index (κ1) is 24.7. The van der Waals surface area contributed by atoms with E-state index in [4.69, 9.17) is 4.98 Å². The van der Waals surface area contributed by atoms with Gasteiger partial charge < -0.3 is 0 Å². The lowest BCUT2D eigenvalue weighted by atomic mass is 9.89. The third-order valence-electron chi connectivity index (χ3n) is 9.76. The van der Waals surface area contributed by atoms with E-state index in [0.29, 0.717) is 5.92 Å². The Hall–Kier alpha value is -5.67. The molecule has 0 saturated carbocycles. The third kappa shape index (κ3) is 3.44. The monoisotopic (exact) mass is 575 g/mol. The molecule has 3 nitrogen and oxygen atoms in total. The van der Waals surface area contributed by atoms with Crippen molar-refractivity contribution >= 4 is 65.7 Å². The van der Waals surface area contributed by atoms with Crippen LogP contribution in [0.25, 0.3) is 87.9 Å². The van der Waals surface area contributed by atoms with E-state index < -0.39 is 0 Å².